The fourth-order valence-corrected chi connectivity index (χ4v) is 3.06. The third kappa shape index (κ3) is 1.76. The van der Waals surface area contributed by atoms with Crippen LogP contribution in [0.5, 0.6) is 0 Å². The highest BCUT2D eigenvalue weighted by Gasteiger charge is 2.24. The average molecular weight is 233 g/mol. The molecular formula is C13H15NOS. The van der Waals surface area contributed by atoms with Crippen molar-refractivity contribution in [3.05, 3.63) is 34.4 Å². The number of carbonyl (C=O) groups excluding carboxylic acids is 1. The van der Waals surface area contributed by atoms with E-state index in [1.807, 2.05) is 0 Å². The van der Waals surface area contributed by atoms with E-state index >= 15 is 0 Å². The normalized spacial score (nSPS) is 16.7. The van der Waals surface area contributed by atoms with Gasteiger partial charge in [-0.2, -0.15) is 0 Å². The van der Waals surface area contributed by atoms with Gasteiger partial charge in [0, 0.05) is 17.5 Å². The lowest BCUT2D eigenvalue weighted by atomic mass is 10.1. The number of aryl methyl sites for hydroxylation is 2. The second-order valence-corrected chi connectivity index (χ2v) is 4.95. The smallest absolute Gasteiger partial charge is 0.145 e. The van der Waals surface area contributed by atoms with Gasteiger partial charge in [0.1, 0.15) is 6.29 Å². The molecule has 0 atom stereocenters. The fraction of sp³-hybridized carbons (Fsp3) is 0.308. The van der Waals surface area contributed by atoms with E-state index in [4.69, 9.17) is 0 Å². The molecule has 1 aliphatic heterocycles. The van der Waals surface area contributed by atoms with Crippen molar-refractivity contribution in [1.29, 1.82) is 0 Å². The lowest BCUT2D eigenvalue weighted by Crippen LogP contribution is -2.16. The summed E-state index contributed by atoms with van der Waals surface area (Å²) >= 11 is 1.67. The lowest BCUT2D eigenvalue weighted by Gasteiger charge is -2.18. The quantitative estimate of drug-likeness (QED) is 0.577. The van der Waals surface area contributed by atoms with E-state index in [1.165, 1.54) is 21.7 Å². The van der Waals surface area contributed by atoms with Crippen LogP contribution in [0.3, 0.4) is 0 Å². The molecule has 1 heterocycles. The van der Waals surface area contributed by atoms with Gasteiger partial charge in [-0.3, -0.25) is 4.79 Å². The van der Waals surface area contributed by atoms with E-state index < -0.39 is 0 Å². The summed E-state index contributed by atoms with van der Waals surface area (Å²) in [6, 6.07) is 4.40. The highest BCUT2D eigenvalue weighted by atomic mass is 32.2. The van der Waals surface area contributed by atoms with E-state index in [-0.39, 0.29) is 0 Å². The number of allylic oxidation sites excluding steroid dienone is 1. The molecule has 0 aliphatic carbocycles. The number of carbonyl (C=O) groups is 1. The zero-order valence-corrected chi connectivity index (χ0v) is 10.6. The SMILES string of the molecule is CCN1C(=CC=O)Sc2cc(C)c(C)cc21. The highest BCUT2D eigenvalue weighted by Crippen LogP contribution is 2.46. The first kappa shape index (κ1) is 11.3. The second-order valence-electron chi connectivity index (χ2n) is 3.89. The number of fused-ring (bicyclic) bond motifs is 1. The zero-order valence-electron chi connectivity index (χ0n) is 9.78. The van der Waals surface area contributed by atoms with Crippen LogP contribution in [-0.2, 0) is 4.79 Å². The molecule has 0 saturated heterocycles. The molecule has 0 unspecified atom stereocenters. The molecule has 0 amide bonds. The van der Waals surface area contributed by atoms with Crippen LogP contribution in [0.15, 0.2) is 28.1 Å². The minimum Gasteiger partial charge on any atom is -0.335 e. The molecule has 1 aliphatic rings. The summed E-state index contributed by atoms with van der Waals surface area (Å²) < 4.78 is 0. The van der Waals surface area contributed by atoms with E-state index in [0.717, 1.165) is 17.9 Å². The number of aldehydes is 1. The third-order valence-corrected chi connectivity index (χ3v) is 3.99. The van der Waals surface area contributed by atoms with Gasteiger partial charge in [-0.05, 0) is 44.0 Å². The van der Waals surface area contributed by atoms with Crippen LogP contribution < -0.4 is 4.90 Å². The maximum absolute atomic E-state index is 10.6. The minimum absolute atomic E-state index is 0.858. The fourth-order valence-electron chi connectivity index (χ4n) is 1.86. The molecule has 1 aromatic rings. The molecule has 0 bridgehead atoms. The van der Waals surface area contributed by atoms with Gasteiger partial charge in [-0.25, -0.2) is 0 Å². The Bertz CT molecular complexity index is 465. The first-order valence-corrected chi connectivity index (χ1v) is 6.21. The van der Waals surface area contributed by atoms with Crippen molar-refractivity contribution >= 4 is 23.7 Å². The Labute approximate surface area is 100 Å². The summed E-state index contributed by atoms with van der Waals surface area (Å²) in [5.74, 6) is 0. The van der Waals surface area contributed by atoms with Crippen molar-refractivity contribution in [2.24, 2.45) is 0 Å². The molecule has 3 heteroatoms. The van der Waals surface area contributed by atoms with Crippen LogP contribution in [-0.4, -0.2) is 12.8 Å². The number of benzene rings is 1. The number of thioether (sulfide) groups is 1. The van der Waals surface area contributed by atoms with Crippen molar-refractivity contribution in [2.45, 2.75) is 25.7 Å². The summed E-state index contributed by atoms with van der Waals surface area (Å²) in [5, 5.41) is 1.03. The maximum Gasteiger partial charge on any atom is 0.145 e. The van der Waals surface area contributed by atoms with Crippen LogP contribution in [0.4, 0.5) is 5.69 Å². The van der Waals surface area contributed by atoms with Crippen molar-refractivity contribution in [3.63, 3.8) is 0 Å². The van der Waals surface area contributed by atoms with Crippen molar-refractivity contribution in [3.8, 4) is 0 Å². The van der Waals surface area contributed by atoms with Crippen LogP contribution in [0.2, 0.25) is 0 Å². The molecule has 16 heavy (non-hydrogen) atoms. The van der Waals surface area contributed by atoms with E-state index in [2.05, 4.69) is 37.8 Å². The molecule has 0 aromatic heterocycles. The molecule has 0 saturated carbocycles. The van der Waals surface area contributed by atoms with Gasteiger partial charge in [0.25, 0.3) is 0 Å². The molecule has 2 rings (SSSR count). The monoisotopic (exact) mass is 233 g/mol. The number of hydrogen-bond acceptors (Lipinski definition) is 3. The Hall–Kier alpha value is -1.22. The number of anilines is 1. The van der Waals surface area contributed by atoms with Gasteiger partial charge < -0.3 is 4.90 Å². The molecule has 0 radical (unpaired) electrons. The van der Waals surface area contributed by atoms with Gasteiger partial charge in [0.05, 0.1) is 10.7 Å². The molecular weight excluding hydrogens is 218 g/mol. The first-order valence-electron chi connectivity index (χ1n) is 5.39. The Kier molecular flexibility index (Phi) is 3.06. The molecule has 1 aromatic carbocycles. The van der Waals surface area contributed by atoms with E-state index in [0.29, 0.717) is 0 Å². The van der Waals surface area contributed by atoms with Gasteiger partial charge in [0.15, 0.2) is 0 Å². The van der Waals surface area contributed by atoms with Crippen LogP contribution in [0.25, 0.3) is 0 Å². The zero-order chi connectivity index (χ0) is 11.7. The molecule has 0 spiro atoms. The number of nitrogens with zero attached hydrogens (tertiary/aromatic N) is 1. The predicted octanol–water partition coefficient (Wildman–Crippen LogP) is 3.28. The molecule has 0 fully saturated rings. The van der Waals surface area contributed by atoms with Crippen LogP contribution >= 0.6 is 11.8 Å². The largest absolute Gasteiger partial charge is 0.335 e. The molecule has 84 valence electrons. The first-order chi connectivity index (χ1) is 7.67. The van der Waals surface area contributed by atoms with Crippen LogP contribution in [0.1, 0.15) is 18.1 Å². The highest BCUT2D eigenvalue weighted by molar-refractivity contribution is 8.03. The predicted molar refractivity (Wildman–Crippen MR) is 68.9 cm³/mol. The molecule has 0 N–H and O–H groups in total. The van der Waals surface area contributed by atoms with Crippen molar-refractivity contribution in [2.75, 3.05) is 11.4 Å². The van der Waals surface area contributed by atoms with Gasteiger partial charge in [0.2, 0.25) is 0 Å². The van der Waals surface area contributed by atoms with E-state index in [9.17, 15) is 4.79 Å². The minimum atomic E-state index is 0.858. The lowest BCUT2D eigenvalue weighted by molar-refractivity contribution is -0.104. The summed E-state index contributed by atoms with van der Waals surface area (Å²) in [6.07, 6.45) is 2.50. The van der Waals surface area contributed by atoms with Gasteiger partial charge >= 0.3 is 0 Å². The Morgan fingerprint density at radius 3 is 2.62 bits per heavy atom. The van der Waals surface area contributed by atoms with E-state index in [1.54, 1.807) is 17.8 Å². The Morgan fingerprint density at radius 1 is 1.31 bits per heavy atom. The van der Waals surface area contributed by atoms with Gasteiger partial charge in [-0.1, -0.05) is 11.8 Å². The van der Waals surface area contributed by atoms with Crippen LogP contribution in [0, 0.1) is 13.8 Å². The summed E-state index contributed by atoms with van der Waals surface area (Å²) in [5.41, 5.74) is 3.82. The maximum atomic E-state index is 10.6. The van der Waals surface area contributed by atoms with Gasteiger partial charge in [-0.15, -0.1) is 0 Å². The second kappa shape index (κ2) is 4.34. The Balaban J connectivity index is 2.51. The van der Waals surface area contributed by atoms with Crippen molar-refractivity contribution in [1.82, 2.24) is 0 Å². The number of hydrogen-bond donors (Lipinski definition) is 0. The topological polar surface area (TPSA) is 20.3 Å². The average Bonchev–Trinajstić information content (AvgIpc) is 2.56. The Morgan fingerprint density at radius 2 is 2.00 bits per heavy atom. The number of rotatable bonds is 2. The summed E-state index contributed by atoms with van der Waals surface area (Å²) in [4.78, 5) is 14.0. The summed E-state index contributed by atoms with van der Waals surface area (Å²) in [6.45, 7) is 7.23. The molecule has 2 nitrogen and oxygen atoms in total. The van der Waals surface area contributed by atoms with Crippen molar-refractivity contribution < 1.29 is 4.79 Å². The third-order valence-electron chi connectivity index (χ3n) is 2.87. The summed E-state index contributed by atoms with van der Waals surface area (Å²) in [7, 11) is 0. The standard InChI is InChI=1S/C13H15NOS/c1-4-14-11-7-9(2)10(3)8-12(11)16-13(14)5-6-15/h5-8H,4H2,1-3H3.